The molecule has 0 amide bonds. The van der Waals surface area contributed by atoms with Crippen LogP contribution in [0.2, 0.25) is 0 Å². The maximum absolute atomic E-state index is 4.87. The van der Waals surface area contributed by atoms with Crippen molar-refractivity contribution < 1.29 is 4.52 Å². The van der Waals surface area contributed by atoms with Gasteiger partial charge in [0, 0.05) is 19.2 Å². The molecule has 0 fully saturated rings. The lowest BCUT2D eigenvalue weighted by Crippen LogP contribution is -2.06. The van der Waals surface area contributed by atoms with Crippen LogP contribution in [-0.4, -0.2) is 21.7 Å². The number of halogens is 1. The van der Waals surface area contributed by atoms with Gasteiger partial charge < -0.3 is 9.84 Å². The van der Waals surface area contributed by atoms with E-state index in [0.29, 0.717) is 18.9 Å². The number of nitrogens with zero attached hydrogens (tertiary/aromatic N) is 3. The van der Waals surface area contributed by atoms with Gasteiger partial charge in [-0.05, 0) is 28.1 Å². The van der Waals surface area contributed by atoms with E-state index in [1.165, 1.54) is 6.33 Å². The SMILES string of the molecule is Brc1cccnc1NCCc1ncno1. The van der Waals surface area contributed by atoms with Crippen LogP contribution in [0, 0.1) is 0 Å². The van der Waals surface area contributed by atoms with Gasteiger partial charge in [0.15, 0.2) is 6.33 Å². The molecule has 2 heterocycles. The number of aromatic nitrogens is 3. The van der Waals surface area contributed by atoms with E-state index in [4.69, 9.17) is 4.52 Å². The van der Waals surface area contributed by atoms with Crippen molar-refractivity contribution in [2.24, 2.45) is 0 Å². The summed E-state index contributed by atoms with van der Waals surface area (Å²) in [5.41, 5.74) is 0. The Morgan fingerprint density at radius 1 is 1.40 bits per heavy atom. The molecule has 1 N–H and O–H groups in total. The first kappa shape index (κ1) is 10.1. The fourth-order valence-corrected chi connectivity index (χ4v) is 1.50. The summed E-state index contributed by atoms with van der Waals surface area (Å²) in [6.07, 6.45) is 3.81. The van der Waals surface area contributed by atoms with Crippen LogP contribution in [0.4, 0.5) is 5.82 Å². The molecule has 2 aromatic heterocycles. The van der Waals surface area contributed by atoms with Crippen LogP contribution < -0.4 is 5.32 Å². The second-order valence-electron chi connectivity index (χ2n) is 2.85. The molecular formula is C9H9BrN4O. The standard InChI is InChI=1S/C9H9BrN4O/c10-7-2-1-4-11-9(7)12-5-3-8-13-6-14-15-8/h1-2,4,6H,3,5H2,(H,11,12). The Labute approximate surface area is 95.0 Å². The number of hydrogen-bond donors (Lipinski definition) is 1. The topological polar surface area (TPSA) is 63.8 Å². The van der Waals surface area contributed by atoms with E-state index >= 15 is 0 Å². The summed E-state index contributed by atoms with van der Waals surface area (Å²) in [7, 11) is 0. The number of rotatable bonds is 4. The summed E-state index contributed by atoms with van der Waals surface area (Å²) in [5, 5.41) is 6.69. The molecular weight excluding hydrogens is 260 g/mol. The lowest BCUT2D eigenvalue weighted by atomic mass is 10.4. The van der Waals surface area contributed by atoms with E-state index in [1.54, 1.807) is 6.20 Å². The number of nitrogens with one attached hydrogen (secondary N) is 1. The summed E-state index contributed by atoms with van der Waals surface area (Å²) < 4.78 is 5.81. The number of hydrogen-bond acceptors (Lipinski definition) is 5. The van der Waals surface area contributed by atoms with Crippen molar-refractivity contribution in [2.75, 3.05) is 11.9 Å². The molecule has 0 bridgehead atoms. The summed E-state index contributed by atoms with van der Waals surface area (Å²) in [4.78, 5) is 8.09. The normalized spacial score (nSPS) is 10.2. The average molecular weight is 269 g/mol. The summed E-state index contributed by atoms with van der Waals surface area (Å²) in [5.74, 6) is 1.44. The molecule has 0 radical (unpaired) electrons. The first-order valence-electron chi connectivity index (χ1n) is 4.46. The van der Waals surface area contributed by atoms with Crippen molar-refractivity contribution in [3.05, 3.63) is 35.0 Å². The van der Waals surface area contributed by atoms with Crippen molar-refractivity contribution in [1.29, 1.82) is 0 Å². The van der Waals surface area contributed by atoms with Gasteiger partial charge in [0.25, 0.3) is 0 Å². The van der Waals surface area contributed by atoms with Gasteiger partial charge in [-0.1, -0.05) is 5.16 Å². The zero-order chi connectivity index (χ0) is 10.5. The van der Waals surface area contributed by atoms with E-state index in [9.17, 15) is 0 Å². The van der Waals surface area contributed by atoms with E-state index < -0.39 is 0 Å². The van der Waals surface area contributed by atoms with Crippen LogP contribution >= 0.6 is 15.9 Å². The molecule has 0 aliphatic rings. The van der Waals surface area contributed by atoms with Gasteiger partial charge in [-0.25, -0.2) is 4.98 Å². The molecule has 0 saturated heterocycles. The van der Waals surface area contributed by atoms with Gasteiger partial charge in [-0.15, -0.1) is 0 Å². The highest BCUT2D eigenvalue weighted by Crippen LogP contribution is 2.17. The summed E-state index contributed by atoms with van der Waals surface area (Å²) in [6.45, 7) is 0.706. The highest BCUT2D eigenvalue weighted by molar-refractivity contribution is 9.10. The van der Waals surface area contributed by atoms with Crippen molar-refractivity contribution >= 4 is 21.7 Å². The molecule has 0 unspecified atom stereocenters. The molecule has 5 nitrogen and oxygen atoms in total. The largest absolute Gasteiger partial charge is 0.369 e. The van der Waals surface area contributed by atoms with Crippen molar-refractivity contribution in [3.8, 4) is 0 Å². The van der Waals surface area contributed by atoms with Gasteiger partial charge in [-0.2, -0.15) is 4.98 Å². The number of anilines is 1. The van der Waals surface area contributed by atoms with Crippen molar-refractivity contribution in [2.45, 2.75) is 6.42 Å². The Hall–Kier alpha value is -1.43. The summed E-state index contributed by atoms with van der Waals surface area (Å²) >= 11 is 3.40. The predicted octanol–water partition coefficient (Wildman–Crippen LogP) is 1.88. The second kappa shape index (κ2) is 4.88. The first-order chi connectivity index (χ1) is 7.36. The Bertz CT molecular complexity index is 418. The van der Waals surface area contributed by atoms with Gasteiger partial charge in [0.1, 0.15) is 5.82 Å². The molecule has 0 aliphatic heterocycles. The van der Waals surface area contributed by atoms with Gasteiger partial charge in [-0.3, -0.25) is 0 Å². The van der Waals surface area contributed by atoms with Crippen LogP contribution in [0.15, 0.2) is 33.7 Å². The molecule has 0 spiro atoms. The molecule has 2 aromatic rings. The maximum atomic E-state index is 4.87. The molecule has 6 heteroatoms. The van der Waals surface area contributed by atoms with Crippen LogP contribution in [0.3, 0.4) is 0 Å². The van der Waals surface area contributed by atoms with E-state index in [1.807, 2.05) is 12.1 Å². The molecule has 15 heavy (non-hydrogen) atoms. The monoisotopic (exact) mass is 268 g/mol. The van der Waals surface area contributed by atoms with E-state index in [2.05, 4.69) is 36.4 Å². The molecule has 0 atom stereocenters. The lowest BCUT2D eigenvalue weighted by molar-refractivity contribution is 0.379. The molecule has 78 valence electrons. The fraction of sp³-hybridized carbons (Fsp3) is 0.222. The third-order valence-electron chi connectivity index (χ3n) is 1.80. The molecule has 0 aromatic carbocycles. The Morgan fingerprint density at radius 2 is 2.33 bits per heavy atom. The van der Waals surface area contributed by atoms with Crippen LogP contribution in [-0.2, 0) is 6.42 Å². The van der Waals surface area contributed by atoms with Crippen LogP contribution in [0.5, 0.6) is 0 Å². The average Bonchev–Trinajstić information content (AvgIpc) is 2.74. The highest BCUT2D eigenvalue weighted by Gasteiger charge is 2.01. The van der Waals surface area contributed by atoms with E-state index in [0.717, 1.165) is 10.3 Å². The van der Waals surface area contributed by atoms with Gasteiger partial charge in [0.05, 0.1) is 4.47 Å². The zero-order valence-corrected chi connectivity index (χ0v) is 9.44. The quantitative estimate of drug-likeness (QED) is 0.918. The minimum atomic E-state index is 0.620. The summed E-state index contributed by atoms with van der Waals surface area (Å²) in [6, 6.07) is 3.80. The first-order valence-corrected chi connectivity index (χ1v) is 5.25. The predicted molar refractivity (Wildman–Crippen MR) is 58.4 cm³/mol. The van der Waals surface area contributed by atoms with Gasteiger partial charge in [0.2, 0.25) is 5.89 Å². The second-order valence-corrected chi connectivity index (χ2v) is 3.70. The zero-order valence-electron chi connectivity index (χ0n) is 7.85. The Balaban J connectivity index is 1.86. The van der Waals surface area contributed by atoms with Crippen LogP contribution in [0.25, 0.3) is 0 Å². The minimum Gasteiger partial charge on any atom is -0.369 e. The fourth-order valence-electron chi connectivity index (χ4n) is 1.11. The third-order valence-corrected chi connectivity index (χ3v) is 2.44. The van der Waals surface area contributed by atoms with Gasteiger partial charge >= 0.3 is 0 Å². The third kappa shape index (κ3) is 2.76. The molecule has 0 aliphatic carbocycles. The number of pyridine rings is 1. The highest BCUT2D eigenvalue weighted by atomic mass is 79.9. The minimum absolute atomic E-state index is 0.620. The van der Waals surface area contributed by atoms with Crippen molar-refractivity contribution in [1.82, 2.24) is 15.1 Å². The molecule has 0 saturated carbocycles. The van der Waals surface area contributed by atoms with E-state index in [-0.39, 0.29) is 0 Å². The Morgan fingerprint density at radius 3 is 3.07 bits per heavy atom. The van der Waals surface area contributed by atoms with Crippen molar-refractivity contribution in [3.63, 3.8) is 0 Å². The lowest BCUT2D eigenvalue weighted by Gasteiger charge is -2.04. The smallest absolute Gasteiger partial charge is 0.228 e. The maximum Gasteiger partial charge on any atom is 0.228 e. The Kier molecular flexibility index (Phi) is 3.29. The van der Waals surface area contributed by atoms with Crippen LogP contribution in [0.1, 0.15) is 5.89 Å². The molecule has 2 rings (SSSR count).